The lowest BCUT2D eigenvalue weighted by Gasteiger charge is -1.78. The monoisotopic (exact) mass is 136 g/mol. The molecule has 9 heavy (non-hydrogen) atoms. The molecule has 4 heteroatoms. The van der Waals surface area contributed by atoms with E-state index in [0.717, 1.165) is 10.2 Å². The van der Waals surface area contributed by atoms with Gasteiger partial charge in [0.05, 0.1) is 5.39 Å². The molecule has 0 N–H and O–H groups in total. The van der Waals surface area contributed by atoms with Crippen molar-refractivity contribution in [2.75, 3.05) is 0 Å². The zero-order valence-electron chi connectivity index (χ0n) is 4.40. The van der Waals surface area contributed by atoms with Gasteiger partial charge < -0.3 is 0 Å². The summed E-state index contributed by atoms with van der Waals surface area (Å²) >= 11 is 1.33. The molecule has 0 saturated carbocycles. The molecule has 0 atom stereocenters. The van der Waals surface area contributed by atoms with Crippen molar-refractivity contribution in [3.63, 3.8) is 0 Å². The molecule has 2 rings (SSSR count). The first-order chi connectivity index (χ1) is 4.47. The van der Waals surface area contributed by atoms with Crippen LogP contribution in [0.25, 0.3) is 10.2 Å². The Hall–Kier alpha value is -1.03. The van der Waals surface area contributed by atoms with Crippen LogP contribution in [-0.2, 0) is 0 Å². The van der Waals surface area contributed by atoms with E-state index in [1.165, 1.54) is 17.9 Å². The second-order valence-electron chi connectivity index (χ2n) is 1.54. The molecule has 3 nitrogen and oxygen atoms in total. The average Bonchev–Trinajstić information content (AvgIpc) is 2.33. The maximum atomic E-state index is 3.95. The third-order valence-electron chi connectivity index (χ3n) is 0.974. The molecule has 43 valence electrons. The molecular formula is C5H2N3S. The van der Waals surface area contributed by atoms with E-state index in [9.17, 15) is 0 Å². The molecule has 0 saturated heterocycles. The summed E-state index contributed by atoms with van der Waals surface area (Å²) in [6, 6.07) is 0. The number of rotatable bonds is 0. The summed E-state index contributed by atoms with van der Waals surface area (Å²) in [5, 5.41) is 0.891. The molecular weight excluding hydrogens is 134 g/mol. The second kappa shape index (κ2) is 1.73. The van der Waals surface area contributed by atoms with Gasteiger partial charge in [-0.3, -0.25) is 0 Å². The first-order valence-corrected chi connectivity index (χ1v) is 3.17. The van der Waals surface area contributed by atoms with Crippen LogP contribution in [0.3, 0.4) is 0 Å². The van der Waals surface area contributed by atoms with Gasteiger partial charge in [0.2, 0.25) is 0 Å². The van der Waals surface area contributed by atoms with Gasteiger partial charge in [-0.1, -0.05) is 0 Å². The quantitative estimate of drug-likeness (QED) is 0.539. The highest BCUT2D eigenvalue weighted by atomic mass is 32.1. The Kier molecular flexibility index (Phi) is 0.927. The first-order valence-electron chi connectivity index (χ1n) is 2.40. The maximum absolute atomic E-state index is 3.95. The van der Waals surface area contributed by atoms with Crippen molar-refractivity contribution in [3.8, 4) is 0 Å². The third-order valence-corrected chi connectivity index (χ3v) is 1.65. The van der Waals surface area contributed by atoms with Crippen molar-refractivity contribution in [3.05, 3.63) is 18.7 Å². The van der Waals surface area contributed by atoms with Crippen LogP contribution in [0.1, 0.15) is 0 Å². The molecule has 0 amide bonds. The fraction of sp³-hybridized carbons (Fsp3) is 0. The summed E-state index contributed by atoms with van der Waals surface area (Å²) in [5.41, 5.74) is 0. The standard InChI is InChI=1S/C5H2N3S/c1-4-2-8-9-5(4)7-3-6-1/h1,3H. The van der Waals surface area contributed by atoms with Gasteiger partial charge in [0.15, 0.2) is 0 Å². The van der Waals surface area contributed by atoms with Crippen molar-refractivity contribution in [1.29, 1.82) is 0 Å². The van der Waals surface area contributed by atoms with Crippen LogP contribution in [0.5, 0.6) is 0 Å². The van der Waals surface area contributed by atoms with E-state index >= 15 is 0 Å². The second-order valence-corrected chi connectivity index (χ2v) is 2.29. The summed E-state index contributed by atoms with van der Waals surface area (Å²) in [6.45, 7) is 0. The summed E-state index contributed by atoms with van der Waals surface area (Å²) in [5.74, 6) is 0. The van der Waals surface area contributed by atoms with Gasteiger partial charge in [-0.15, -0.1) is 0 Å². The molecule has 0 fully saturated rings. The van der Waals surface area contributed by atoms with Crippen LogP contribution in [0.4, 0.5) is 0 Å². The van der Waals surface area contributed by atoms with Gasteiger partial charge in [-0.05, 0) is 11.5 Å². The molecule has 0 aliphatic heterocycles. The van der Waals surface area contributed by atoms with Crippen LogP contribution in [-0.4, -0.2) is 14.3 Å². The normalized spacial score (nSPS) is 10.2. The fourth-order valence-electron chi connectivity index (χ4n) is 0.583. The molecule has 2 aromatic heterocycles. The highest BCUT2D eigenvalue weighted by Gasteiger charge is 1.93. The van der Waals surface area contributed by atoms with Gasteiger partial charge in [0, 0.05) is 6.20 Å². The Bertz CT molecular complexity index is 286. The Balaban J connectivity index is 2.95. The van der Waals surface area contributed by atoms with E-state index in [4.69, 9.17) is 0 Å². The number of hydrogen-bond donors (Lipinski definition) is 0. The van der Waals surface area contributed by atoms with Crippen molar-refractivity contribution in [2.24, 2.45) is 0 Å². The molecule has 0 spiro atoms. The van der Waals surface area contributed by atoms with Crippen LogP contribution in [0.2, 0.25) is 0 Å². The van der Waals surface area contributed by atoms with Crippen molar-refractivity contribution in [2.45, 2.75) is 0 Å². The predicted molar refractivity (Wildman–Crippen MR) is 34.0 cm³/mol. The molecule has 2 heterocycles. The summed E-state index contributed by atoms with van der Waals surface area (Å²) in [7, 11) is 0. The van der Waals surface area contributed by atoms with E-state index in [2.05, 4.69) is 20.5 Å². The lowest BCUT2D eigenvalue weighted by atomic mass is 10.5. The predicted octanol–water partition coefficient (Wildman–Crippen LogP) is 0.886. The maximum Gasteiger partial charge on any atom is 0.147 e. The van der Waals surface area contributed by atoms with Crippen molar-refractivity contribution in [1.82, 2.24) is 14.3 Å². The first kappa shape index (κ1) is 4.81. The van der Waals surface area contributed by atoms with E-state index in [1.807, 2.05) is 0 Å². The average molecular weight is 136 g/mol. The Morgan fingerprint density at radius 3 is 3.44 bits per heavy atom. The molecule has 0 aliphatic rings. The minimum absolute atomic E-state index is 0.891. The van der Waals surface area contributed by atoms with E-state index < -0.39 is 0 Å². The molecule has 0 unspecified atom stereocenters. The Morgan fingerprint density at radius 1 is 1.56 bits per heavy atom. The molecule has 0 aliphatic carbocycles. The van der Waals surface area contributed by atoms with Gasteiger partial charge >= 0.3 is 0 Å². The highest BCUT2D eigenvalue weighted by molar-refractivity contribution is 7.12. The zero-order valence-corrected chi connectivity index (χ0v) is 5.22. The smallest absolute Gasteiger partial charge is 0.147 e. The van der Waals surface area contributed by atoms with Gasteiger partial charge in [0.25, 0.3) is 0 Å². The van der Waals surface area contributed by atoms with E-state index in [-0.39, 0.29) is 0 Å². The van der Waals surface area contributed by atoms with E-state index in [1.54, 1.807) is 6.20 Å². The Morgan fingerprint density at radius 2 is 2.56 bits per heavy atom. The third kappa shape index (κ3) is 0.675. The molecule has 1 radical (unpaired) electrons. The van der Waals surface area contributed by atoms with Crippen molar-refractivity contribution >= 4 is 21.7 Å². The lowest BCUT2D eigenvalue weighted by molar-refractivity contribution is 1.23. The van der Waals surface area contributed by atoms with Gasteiger partial charge in [0.1, 0.15) is 17.4 Å². The van der Waals surface area contributed by atoms with Crippen LogP contribution < -0.4 is 0 Å². The van der Waals surface area contributed by atoms with Gasteiger partial charge in [-0.25, -0.2) is 9.97 Å². The number of fused-ring (bicyclic) bond motifs is 1. The molecule has 0 aromatic carbocycles. The van der Waals surface area contributed by atoms with E-state index in [0.29, 0.717) is 0 Å². The lowest BCUT2D eigenvalue weighted by Crippen LogP contribution is -1.71. The number of nitrogens with zero attached hydrogens (tertiary/aromatic N) is 3. The Labute approximate surface area is 55.6 Å². The topological polar surface area (TPSA) is 38.7 Å². The van der Waals surface area contributed by atoms with Crippen LogP contribution >= 0.6 is 11.5 Å². The highest BCUT2D eigenvalue weighted by Crippen LogP contribution is 2.10. The summed E-state index contributed by atoms with van der Waals surface area (Å²) < 4.78 is 3.82. The van der Waals surface area contributed by atoms with Crippen LogP contribution in [0, 0.1) is 6.20 Å². The molecule has 0 bridgehead atoms. The largest absolute Gasteiger partial charge is 0.244 e. The zero-order chi connectivity index (χ0) is 6.10. The van der Waals surface area contributed by atoms with Crippen LogP contribution in [0.15, 0.2) is 12.5 Å². The number of aromatic nitrogens is 3. The van der Waals surface area contributed by atoms with Crippen molar-refractivity contribution < 1.29 is 0 Å². The molecule has 2 aromatic rings. The van der Waals surface area contributed by atoms with Gasteiger partial charge in [-0.2, -0.15) is 4.37 Å². The fourth-order valence-corrected chi connectivity index (χ4v) is 1.10. The summed E-state index contributed by atoms with van der Waals surface area (Å²) in [6.07, 6.45) is 5.97. The SMILES string of the molecule is [c]1nsc2ncncc12. The minimum Gasteiger partial charge on any atom is -0.244 e. The summed E-state index contributed by atoms with van der Waals surface area (Å²) in [4.78, 5) is 8.66. The number of hydrogen-bond acceptors (Lipinski definition) is 4. The minimum atomic E-state index is 0.891.